The second-order valence-electron chi connectivity index (χ2n) is 10.7. The Labute approximate surface area is 144 Å². The summed E-state index contributed by atoms with van der Waals surface area (Å²) >= 11 is 0. The number of likely N-dealkylation sites (tertiary alicyclic amines) is 1. The molecular formula is C20H39N3. The van der Waals surface area contributed by atoms with E-state index in [1.807, 2.05) is 0 Å². The molecule has 0 radical (unpaired) electrons. The quantitative estimate of drug-likeness (QED) is 0.776. The first-order chi connectivity index (χ1) is 10.5. The fraction of sp³-hybridized carbons (Fsp3) is 1.00. The van der Waals surface area contributed by atoms with Gasteiger partial charge in [-0.1, -0.05) is 34.6 Å². The normalized spacial score (nSPS) is 42.1. The van der Waals surface area contributed by atoms with Crippen LogP contribution >= 0.6 is 0 Å². The molecule has 3 heterocycles. The average Bonchev–Trinajstić information content (AvgIpc) is 2.89. The molecule has 0 bridgehead atoms. The first-order valence-electron chi connectivity index (χ1n) is 9.78. The SMILES string of the molecule is CC(C)C1C2C3CNCCC3NC2N(C(C)(C)C)C1C(C)(C)C. The maximum atomic E-state index is 4.08. The maximum absolute atomic E-state index is 4.08. The molecule has 3 fully saturated rings. The Kier molecular flexibility index (Phi) is 4.39. The molecular weight excluding hydrogens is 282 g/mol. The van der Waals surface area contributed by atoms with Gasteiger partial charge in [-0.15, -0.1) is 0 Å². The molecule has 0 spiro atoms. The van der Waals surface area contributed by atoms with Crippen molar-refractivity contribution < 1.29 is 0 Å². The smallest absolute Gasteiger partial charge is 0.0642 e. The zero-order valence-electron chi connectivity index (χ0n) is 16.6. The fourth-order valence-electron chi connectivity index (χ4n) is 6.03. The van der Waals surface area contributed by atoms with Crippen molar-refractivity contribution in [3.8, 4) is 0 Å². The first-order valence-corrected chi connectivity index (χ1v) is 9.78. The largest absolute Gasteiger partial charge is 0.316 e. The molecule has 3 heteroatoms. The van der Waals surface area contributed by atoms with Crippen LogP contribution in [0.25, 0.3) is 0 Å². The van der Waals surface area contributed by atoms with Crippen LogP contribution in [0.15, 0.2) is 0 Å². The number of hydrogen-bond donors (Lipinski definition) is 2. The summed E-state index contributed by atoms with van der Waals surface area (Å²) in [4.78, 5) is 2.86. The average molecular weight is 322 g/mol. The van der Waals surface area contributed by atoms with Crippen molar-refractivity contribution in [3.63, 3.8) is 0 Å². The lowest BCUT2D eigenvalue weighted by atomic mass is 9.67. The minimum atomic E-state index is 0.207. The number of nitrogens with one attached hydrogen (secondary N) is 2. The van der Waals surface area contributed by atoms with Crippen LogP contribution in [0.1, 0.15) is 61.8 Å². The standard InChI is InChI=1S/C20H39N3/c1-12(2)15-16-13-11-21-10-9-14(13)22-18(16)23(20(6,7)8)17(15)19(3,4)5/h12-18,21-22H,9-11H2,1-8H3. The van der Waals surface area contributed by atoms with E-state index in [4.69, 9.17) is 0 Å². The molecule has 3 nitrogen and oxygen atoms in total. The summed E-state index contributed by atoms with van der Waals surface area (Å²) in [6.07, 6.45) is 1.85. The monoisotopic (exact) mass is 321 g/mol. The number of fused-ring (bicyclic) bond motifs is 3. The molecule has 0 saturated carbocycles. The Morgan fingerprint density at radius 1 is 1.04 bits per heavy atom. The zero-order valence-corrected chi connectivity index (χ0v) is 16.6. The summed E-state index contributed by atoms with van der Waals surface area (Å²) in [7, 11) is 0. The Hall–Kier alpha value is -0.120. The topological polar surface area (TPSA) is 27.3 Å². The van der Waals surface area contributed by atoms with E-state index in [9.17, 15) is 0 Å². The summed E-state index contributed by atoms with van der Waals surface area (Å²) in [5.74, 6) is 3.11. The highest BCUT2D eigenvalue weighted by atomic mass is 15.4. The number of nitrogens with zero attached hydrogens (tertiary/aromatic N) is 1. The van der Waals surface area contributed by atoms with Gasteiger partial charge in [0.05, 0.1) is 6.17 Å². The maximum Gasteiger partial charge on any atom is 0.0642 e. The van der Waals surface area contributed by atoms with Crippen LogP contribution in [0.3, 0.4) is 0 Å². The molecule has 6 atom stereocenters. The Balaban J connectivity index is 2.04. The lowest BCUT2D eigenvalue weighted by Gasteiger charge is -2.48. The van der Waals surface area contributed by atoms with Crippen molar-refractivity contribution >= 4 is 0 Å². The fourth-order valence-corrected chi connectivity index (χ4v) is 6.03. The van der Waals surface area contributed by atoms with Crippen molar-refractivity contribution in [2.24, 2.45) is 29.1 Å². The summed E-state index contributed by atoms with van der Waals surface area (Å²) < 4.78 is 0. The zero-order chi connectivity index (χ0) is 17.2. The molecule has 3 rings (SSSR count). The van der Waals surface area contributed by atoms with Gasteiger partial charge in [-0.2, -0.15) is 0 Å². The van der Waals surface area contributed by atoms with E-state index in [1.165, 1.54) is 19.5 Å². The van der Waals surface area contributed by atoms with Crippen LogP contribution < -0.4 is 10.6 Å². The van der Waals surface area contributed by atoms with Gasteiger partial charge in [0.25, 0.3) is 0 Å². The van der Waals surface area contributed by atoms with Gasteiger partial charge >= 0.3 is 0 Å². The van der Waals surface area contributed by atoms with Crippen LogP contribution in [0.5, 0.6) is 0 Å². The van der Waals surface area contributed by atoms with E-state index in [-0.39, 0.29) is 5.54 Å². The lowest BCUT2D eigenvalue weighted by Crippen LogP contribution is -2.59. The van der Waals surface area contributed by atoms with Crippen molar-refractivity contribution in [2.75, 3.05) is 13.1 Å². The van der Waals surface area contributed by atoms with E-state index in [1.54, 1.807) is 0 Å². The highest BCUT2D eigenvalue weighted by molar-refractivity contribution is 5.14. The van der Waals surface area contributed by atoms with Crippen LogP contribution in [0, 0.1) is 29.1 Å². The molecule has 6 unspecified atom stereocenters. The predicted molar refractivity (Wildman–Crippen MR) is 98.3 cm³/mol. The van der Waals surface area contributed by atoms with Gasteiger partial charge in [0.15, 0.2) is 0 Å². The molecule has 0 aromatic heterocycles. The van der Waals surface area contributed by atoms with Crippen molar-refractivity contribution in [2.45, 2.75) is 85.6 Å². The molecule has 0 aromatic carbocycles. The van der Waals surface area contributed by atoms with Gasteiger partial charge in [-0.25, -0.2) is 0 Å². The lowest BCUT2D eigenvalue weighted by molar-refractivity contribution is -0.00449. The minimum Gasteiger partial charge on any atom is -0.316 e. The van der Waals surface area contributed by atoms with Gasteiger partial charge in [-0.3, -0.25) is 10.2 Å². The molecule has 23 heavy (non-hydrogen) atoms. The summed E-state index contributed by atoms with van der Waals surface area (Å²) in [5, 5.41) is 7.76. The molecule has 2 N–H and O–H groups in total. The number of piperidine rings is 1. The number of hydrogen-bond acceptors (Lipinski definition) is 3. The van der Waals surface area contributed by atoms with Crippen LogP contribution in [0.2, 0.25) is 0 Å². The molecule has 0 amide bonds. The molecule has 0 aliphatic carbocycles. The van der Waals surface area contributed by atoms with E-state index in [2.05, 4.69) is 70.9 Å². The van der Waals surface area contributed by atoms with Crippen LogP contribution in [-0.4, -0.2) is 41.8 Å². The van der Waals surface area contributed by atoms with E-state index < -0.39 is 0 Å². The third-order valence-corrected chi connectivity index (χ3v) is 6.61. The van der Waals surface area contributed by atoms with Crippen molar-refractivity contribution in [1.82, 2.24) is 15.5 Å². The Morgan fingerprint density at radius 3 is 2.22 bits per heavy atom. The second kappa shape index (κ2) is 5.71. The minimum absolute atomic E-state index is 0.207. The molecule has 3 saturated heterocycles. The Bertz CT molecular complexity index is 431. The first kappa shape index (κ1) is 17.7. The third-order valence-electron chi connectivity index (χ3n) is 6.61. The third kappa shape index (κ3) is 2.87. The van der Waals surface area contributed by atoms with E-state index >= 15 is 0 Å². The predicted octanol–water partition coefficient (Wildman–Crippen LogP) is 3.31. The van der Waals surface area contributed by atoms with Crippen molar-refractivity contribution in [3.05, 3.63) is 0 Å². The van der Waals surface area contributed by atoms with Gasteiger partial charge in [0, 0.05) is 17.6 Å². The van der Waals surface area contributed by atoms with Gasteiger partial charge in [0.2, 0.25) is 0 Å². The highest BCUT2D eigenvalue weighted by Gasteiger charge is 2.62. The van der Waals surface area contributed by atoms with Gasteiger partial charge in [0.1, 0.15) is 0 Å². The number of rotatable bonds is 1. The van der Waals surface area contributed by atoms with E-state index in [0.717, 1.165) is 29.7 Å². The highest BCUT2D eigenvalue weighted by Crippen LogP contribution is 2.54. The summed E-state index contributed by atoms with van der Waals surface area (Å²) in [6.45, 7) is 21.9. The van der Waals surface area contributed by atoms with Crippen molar-refractivity contribution in [1.29, 1.82) is 0 Å². The molecule has 3 aliphatic rings. The van der Waals surface area contributed by atoms with Gasteiger partial charge < -0.3 is 5.32 Å². The summed E-state index contributed by atoms with van der Waals surface area (Å²) in [6, 6.07) is 1.37. The molecule has 134 valence electrons. The summed E-state index contributed by atoms with van der Waals surface area (Å²) in [5.41, 5.74) is 0.518. The van der Waals surface area contributed by atoms with Crippen LogP contribution in [-0.2, 0) is 0 Å². The molecule has 0 aromatic rings. The van der Waals surface area contributed by atoms with Gasteiger partial charge in [-0.05, 0) is 69.4 Å². The molecule has 3 aliphatic heterocycles. The van der Waals surface area contributed by atoms with E-state index in [0.29, 0.717) is 17.6 Å². The Morgan fingerprint density at radius 2 is 1.70 bits per heavy atom. The second-order valence-corrected chi connectivity index (χ2v) is 10.7. The van der Waals surface area contributed by atoms with Crippen LogP contribution in [0.4, 0.5) is 0 Å².